The molecule has 1 amide bonds. The summed E-state index contributed by atoms with van der Waals surface area (Å²) in [4.78, 5) is 14.3. The first-order valence-corrected chi connectivity index (χ1v) is 6.90. The monoisotopic (exact) mass is 272 g/mol. The minimum absolute atomic E-state index is 0.140. The average molecular weight is 272 g/mol. The first-order valence-electron chi connectivity index (χ1n) is 6.90. The minimum Gasteiger partial charge on any atom is -0.486 e. The molecular formula is C15H16N2O3. The molecular weight excluding hydrogens is 256 g/mol. The van der Waals surface area contributed by atoms with Gasteiger partial charge in [-0.2, -0.15) is 5.26 Å². The van der Waals surface area contributed by atoms with E-state index in [1.54, 1.807) is 23.1 Å². The van der Waals surface area contributed by atoms with Crippen molar-refractivity contribution in [3.05, 3.63) is 23.8 Å². The largest absolute Gasteiger partial charge is 0.486 e. The molecule has 3 rings (SSSR count). The molecule has 0 saturated carbocycles. The van der Waals surface area contributed by atoms with Crippen LogP contribution in [0.2, 0.25) is 0 Å². The number of amides is 1. The second-order valence-electron chi connectivity index (χ2n) is 4.97. The van der Waals surface area contributed by atoms with Gasteiger partial charge in [0.05, 0.1) is 11.6 Å². The molecule has 20 heavy (non-hydrogen) atoms. The SMILES string of the molecule is N#CC1CCCCN1C(=O)c1cccc2c1OCCO2. The summed E-state index contributed by atoms with van der Waals surface area (Å²) in [5, 5.41) is 9.20. The van der Waals surface area contributed by atoms with E-state index < -0.39 is 0 Å². The van der Waals surface area contributed by atoms with Crippen LogP contribution in [0.4, 0.5) is 0 Å². The molecule has 1 atom stereocenters. The van der Waals surface area contributed by atoms with Gasteiger partial charge in [0.25, 0.3) is 5.91 Å². The Morgan fingerprint density at radius 3 is 3.00 bits per heavy atom. The number of hydrogen-bond acceptors (Lipinski definition) is 4. The molecule has 1 aromatic carbocycles. The predicted octanol–water partition coefficient (Wildman–Crippen LogP) is 1.98. The smallest absolute Gasteiger partial charge is 0.258 e. The first kappa shape index (κ1) is 12.8. The highest BCUT2D eigenvalue weighted by molar-refractivity contribution is 5.98. The maximum absolute atomic E-state index is 12.7. The third kappa shape index (κ3) is 2.18. The fourth-order valence-electron chi connectivity index (χ4n) is 2.71. The van der Waals surface area contributed by atoms with Gasteiger partial charge >= 0.3 is 0 Å². The summed E-state index contributed by atoms with van der Waals surface area (Å²) < 4.78 is 11.1. The predicted molar refractivity (Wildman–Crippen MR) is 71.7 cm³/mol. The fourth-order valence-corrected chi connectivity index (χ4v) is 2.71. The van der Waals surface area contributed by atoms with Crippen molar-refractivity contribution < 1.29 is 14.3 Å². The van der Waals surface area contributed by atoms with Crippen LogP contribution in [0, 0.1) is 11.3 Å². The molecule has 1 saturated heterocycles. The molecule has 0 aromatic heterocycles. The van der Waals surface area contributed by atoms with Crippen LogP contribution >= 0.6 is 0 Å². The topological polar surface area (TPSA) is 62.6 Å². The van der Waals surface area contributed by atoms with Crippen molar-refractivity contribution in [1.82, 2.24) is 4.90 Å². The number of para-hydroxylation sites is 1. The minimum atomic E-state index is -0.336. The zero-order chi connectivity index (χ0) is 13.9. The fraction of sp³-hybridized carbons (Fsp3) is 0.467. The van der Waals surface area contributed by atoms with Crippen molar-refractivity contribution >= 4 is 5.91 Å². The maximum atomic E-state index is 12.7. The van der Waals surface area contributed by atoms with Crippen LogP contribution in [-0.2, 0) is 0 Å². The number of rotatable bonds is 1. The molecule has 0 N–H and O–H groups in total. The van der Waals surface area contributed by atoms with Gasteiger partial charge in [-0.25, -0.2) is 0 Å². The summed E-state index contributed by atoms with van der Waals surface area (Å²) in [5.41, 5.74) is 0.490. The summed E-state index contributed by atoms with van der Waals surface area (Å²) in [6, 6.07) is 7.19. The van der Waals surface area contributed by atoms with E-state index in [-0.39, 0.29) is 11.9 Å². The summed E-state index contributed by atoms with van der Waals surface area (Å²) in [7, 11) is 0. The van der Waals surface area contributed by atoms with Crippen LogP contribution in [0.3, 0.4) is 0 Å². The Balaban J connectivity index is 1.92. The van der Waals surface area contributed by atoms with E-state index >= 15 is 0 Å². The molecule has 0 radical (unpaired) electrons. The lowest BCUT2D eigenvalue weighted by molar-refractivity contribution is 0.0660. The first-order chi connectivity index (χ1) is 9.81. The van der Waals surface area contributed by atoms with Crippen molar-refractivity contribution in [1.29, 1.82) is 5.26 Å². The number of fused-ring (bicyclic) bond motifs is 1. The van der Waals surface area contributed by atoms with Crippen LogP contribution < -0.4 is 9.47 Å². The van der Waals surface area contributed by atoms with E-state index in [2.05, 4.69) is 6.07 Å². The number of hydrogen-bond donors (Lipinski definition) is 0. The number of benzene rings is 1. The normalized spacial score (nSPS) is 21.1. The van der Waals surface area contributed by atoms with Crippen molar-refractivity contribution in [3.8, 4) is 17.6 Å². The molecule has 5 nitrogen and oxygen atoms in total. The van der Waals surface area contributed by atoms with Crippen molar-refractivity contribution in [2.24, 2.45) is 0 Å². The highest BCUT2D eigenvalue weighted by Gasteiger charge is 2.30. The second kappa shape index (κ2) is 5.41. The molecule has 0 bridgehead atoms. The highest BCUT2D eigenvalue weighted by atomic mass is 16.6. The van der Waals surface area contributed by atoms with Gasteiger partial charge in [0.2, 0.25) is 0 Å². The Hall–Kier alpha value is -2.22. The van der Waals surface area contributed by atoms with Crippen LogP contribution in [-0.4, -0.2) is 36.6 Å². The summed E-state index contributed by atoms with van der Waals surface area (Å²) in [6.07, 6.45) is 2.68. The highest BCUT2D eigenvalue weighted by Crippen LogP contribution is 2.35. The molecule has 1 aromatic rings. The summed E-state index contributed by atoms with van der Waals surface area (Å²) in [6.45, 7) is 1.57. The van der Waals surface area contributed by atoms with E-state index in [4.69, 9.17) is 9.47 Å². The lowest BCUT2D eigenvalue weighted by Crippen LogP contribution is -2.43. The molecule has 1 unspecified atom stereocenters. The third-order valence-electron chi connectivity index (χ3n) is 3.71. The Morgan fingerprint density at radius 2 is 2.15 bits per heavy atom. The maximum Gasteiger partial charge on any atom is 0.258 e. The number of nitrogens with zero attached hydrogens (tertiary/aromatic N) is 2. The molecule has 0 spiro atoms. The van der Waals surface area contributed by atoms with E-state index in [0.29, 0.717) is 36.8 Å². The Kier molecular flexibility index (Phi) is 3.46. The van der Waals surface area contributed by atoms with E-state index in [9.17, 15) is 10.1 Å². The van der Waals surface area contributed by atoms with Gasteiger partial charge in [-0.15, -0.1) is 0 Å². The Labute approximate surface area is 117 Å². The van der Waals surface area contributed by atoms with Crippen LogP contribution in [0.25, 0.3) is 0 Å². The Morgan fingerprint density at radius 1 is 1.30 bits per heavy atom. The number of ether oxygens (including phenoxy) is 2. The van der Waals surface area contributed by atoms with Crippen molar-refractivity contribution in [3.63, 3.8) is 0 Å². The zero-order valence-corrected chi connectivity index (χ0v) is 11.2. The van der Waals surface area contributed by atoms with Crippen LogP contribution in [0.15, 0.2) is 18.2 Å². The second-order valence-corrected chi connectivity index (χ2v) is 4.97. The molecule has 104 valence electrons. The van der Waals surface area contributed by atoms with Gasteiger partial charge in [-0.3, -0.25) is 4.79 Å². The van der Waals surface area contributed by atoms with Gasteiger partial charge < -0.3 is 14.4 Å². The van der Waals surface area contributed by atoms with Gasteiger partial charge in [0.1, 0.15) is 19.3 Å². The third-order valence-corrected chi connectivity index (χ3v) is 3.71. The van der Waals surface area contributed by atoms with Crippen molar-refractivity contribution in [2.75, 3.05) is 19.8 Å². The lowest BCUT2D eigenvalue weighted by Gasteiger charge is -2.32. The lowest BCUT2D eigenvalue weighted by atomic mass is 10.0. The van der Waals surface area contributed by atoms with Gasteiger partial charge in [-0.05, 0) is 31.4 Å². The number of nitriles is 1. The number of likely N-dealkylation sites (tertiary alicyclic amines) is 1. The van der Waals surface area contributed by atoms with E-state index in [1.165, 1.54) is 0 Å². The quantitative estimate of drug-likeness (QED) is 0.784. The molecule has 1 fully saturated rings. The summed E-state index contributed by atoms with van der Waals surface area (Å²) >= 11 is 0. The molecule has 0 aliphatic carbocycles. The van der Waals surface area contributed by atoms with Gasteiger partial charge in [0.15, 0.2) is 11.5 Å². The number of carbonyl (C=O) groups excluding carboxylic acids is 1. The van der Waals surface area contributed by atoms with Gasteiger partial charge in [0, 0.05) is 6.54 Å². The van der Waals surface area contributed by atoms with Gasteiger partial charge in [-0.1, -0.05) is 6.07 Å². The van der Waals surface area contributed by atoms with E-state index in [1.807, 2.05) is 0 Å². The molecule has 2 heterocycles. The zero-order valence-electron chi connectivity index (χ0n) is 11.2. The number of piperidine rings is 1. The Bertz CT molecular complexity index is 565. The van der Waals surface area contributed by atoms with Crippen LogP contribution in [0.1, 0.15) is 29.6 Å². The standard InChI is InChI=1S/C15H16N2O3/c16-10-11-4-1-2-7-17(11)15(18)12-5-3-6-13-14(12)20-9-8-19-13/h3,5-6,11H,1-2,4,7-9H2. The molecule has 2 aliphatic heterocycles. The summed E-state index contributed by atoms with van der Waals surface area (Å²) in [5.74, 6) is 0.970. The average Bonchev–Trinajstić information content (AvgIpc) is 2.53. The molecule has 5 heteroatoms. The van der Waals surface area contributed by atoms with Crippen molar-refractivity contribution in [2.45, 2.75) is 25.3 Å². The molecule has 2 aliphatic rings. The van der Waals surface area contributed by atoms with Crippen LogP contribution in [0.5, 0.6) is 11.5 Å². The van der Waals surface area contributed by atoms with E-state index in [0.717, 1.165) is 19.3 Å². The number of carbonyl (C=O) groups is 1.